The predicted molar refractivity (Wildman–Crippen MR) is 142 cm³/mol. The number of fused-ring (bicyclic) bond motifs is 1. The Balaban J connectivity index is 0.000000505. The largest absolute Gasteiger partial charge is 0.490 e. The second-order valence-electron chi connectivity index (χ2n) is 8.31. The number of hydrogen-bond donors (Lipinski definition) is 2. The standard InChI is InChI=1S/C23H27Cl2N5O.C2HF3O2/c1-2-31-14-9-26-22-23(28-21-6-4-3-5-20(21)27-22)30-12-10-29(11-13-30)16-17-15-18(24)7-8-19(17)25;3-2(4,5)1(6)7/h3-8,15H,2,9-14,16H2,1H3,(H,26,27);(H,6,7). The number of carboxylic acids is 1. The van der Waals surface area contributed by atoms with E-state index >= 15 is 0 Å². The van der Waals surface area contributed by atoms with Gasteiger partial charge in [-0.05, 0) is 42.8 Å². The molecule has 1 fully saturated rings. The summed E-state index contributed by atoms with van der Waals surface area (Å²) in [7, 11) is 0. The molecule has 1 saturated heterocycles. The number of ether oxygens (including phenoxy) is 1. The van der Waals surface area contributed by atoms with Crippen LogP contribution >= 0.6 is 23.2 Å². The Labute approximate surface area is 228 Å². The number of para-hydroxylation sites is 2. The number of benzene rings is 2. The van der Waals surface area contributed by atoms with Crippen molar-refractivity contribution in [1.29, 1.82) is 0 Å². The summed E-state index contributed by atoms with van der Waals surface area (Å²) < 4.78 is 37.2. The molecule has 206 valence electrons. The van der Waals surface area contributed by atoms with Gasteiger partial charge in [0.25, 0.3) is 0 Å². The van der Waals surface area contributed by atoms with Crippen molar-refractivity contribution in [3.05, 3.63) is 58.1 Å². The molecule has 0 aliphatic carbocycles. The lowest BCUT2D eigenvalue weighted by Gasteiger charge is -2.36. The zero-order valence-electron chi connectivity index (χ0n) is 20.6. The first kappa shape index (κ1) is 29.7. The van der Waals surface area contributed by atoms with Crippen LogP contribution in [0.15, 0.2) is 42.5 Å². The molecule has 38 heavy (non-hydrogen) atoms. The fourth-order valence-electron chi connectivity index (χ4n) is 3.74. The molecule has 1 aliphatic heterocycles. The highest BCUT2D eigenvalue weighted by Crippen LogP contribution is 2.27. The Morgan fingerprint density at radius 2 is 1.71 bits per heavy atom. The summed E-state index contributed by atoms with van der Waals surface area (Å²) in [5, 5.41) is 12.0. The zero-order chi connectivity index (χ0) is 27.7. The van der Waals surface area contributed by atoms with Crippen LogP contribution in [0.4, 0.5) is 24.8 Å². The summed E-state index contributed by atoms with van der Waals surface area (Å²) >= 11 is 12.5. The van der Waals surface area contributed by atoms with Gasteiger partial charge in [0.05, 0.1) is 17.6 Å². The maximum Gasteiger partial charge on any atom is 0.490 e. The van der Waals surface area contributed by atoms with E-state index in [1.807, 2.05) is 49.4 Å². The molecule has 0 amide bonds. The van der Waals surface area contributed by atoms with E-state index in [0.717, 1.165) is 66.0 Å². The predicted octanol–water partition coefficient (Wildman–Crippen LogP) is 5.34. The maximum absolute atomic E-state index is 10.6. The average molecular weight is 574 g/mol. The third-order valence-corrected chi connectivity index (χ3v) is 6.21. The number of alkyl halides is 3. The first-order valence-corrected chi connectivity index (χ1v) is 12.6. The molecule has 2 N–H and O–H groups in total. The second-order valence-corrected chi connectivity index (χ2v) is 9.15. The molecule has 8 nitrogen and oxygen atoms in total. The van der Waals surface area contributed by atoms with Crippen LogP contribution in [-0.4, -0.2) is 78.1 Å². The third kappa shape index (κ3) is 8.59. The number of nitrogens with zero attached hydrogens (tertiary/aromatic N) is 4. The van der Waals surface area contributed by atoms with Gasteiger partial charge in [0.2, 0.25) is 0 Å². The Bertz CT molecular complexity index is 1220. The van der Waals surface area contributed by atoms with E-state index in [-0.39, 0.29) is 0 Å². The summed E-state index contributed by atoms with van der Waals surface area (Å²) in [5.74, 6) is -1.05. The van der Waals surface area contributed by atoms with E-state index in [0.29, 0.717) is 24.8 Å². The minimum Gasteiger partial charge on any atom is -0.475 e. The molecule has 1 aliphatic rings. The lowest BCUT2D eigenvalue weighted by atomic mass is 10.2. The quantitative estimate of drug-likeness (QED) is 0.349. The topological polar surface area (TPSA) is 90.8 Å². The van der Waals surface area contributed by atoms with Crippen LogP contribution in [0, 0.1) is 0 Å². The van der Waals surface area contributed by atoms with Crippen LogP contribution < -0.4 is 10.2 Å². The van der Waals surface area contributed by atoms with E-state index < -0.39 is 12.1 Å². The first-order chi connectivity index (χ1) is 18.1. The fourth-order valence-corrected chi connectivity index (χ4v) is 4.11. The molecule has 0 unspecified atom stereocenters. The molecule has 0 bridgehead atoms. The van der Waals surface area contributed by atoms with Gasteiger partial charge in [-0.1, -0.05) is 35.3 Å². The summed E-state index contributed by atoms with van der Waals surface area (Å²) in [6.45, 7) is 8.38. The molecule has 2 aromatic carbocycles. The van der Waals surface area contributed by atoms with E-state index in [1.54, 1.807) is 0 Å². The van der Waals surface area contributed by atoms with Gasteiger partial charge in [-0.2, -0.15) is 13.2 Å². The van der Waals surface area contributed by atoms with Crippen molar-refractivity contribution < 1.29 is 27.8 Å². The molecule has 4 rings (SSSR count). The van der Waals surface area contributed by atoms with Gasteiger partial charge in [0.15, 0.2) is 11.6 Å². The number of halogens is 5. The SMILES string of the molecule is CCOCCNc1nc2ccccc2nc1N1CCN(Cc2cc(Cl)ccc2Cl)CC1.O=C(O)C(F)(F)F. The lowest BCUT2D eigenvalue weighted by Crippen LogP contribution is -2.46. The number of aromatic nitrogens is 2. The number of hydrogen-bond acceptors (Lipinski definition) is 7. The van der Waals surface area contributed by atoms with E-state index in [2.05, 4.69) is 15.1 Å². The highest BCUT2D eigenvalue weighted by atomic mass is 35.5. The van der Waals surface area contributed by atoms with Gasteiger partial charge < -0.3 is 20.1 Å². The minimum absolute atomic E-state index is 0.638. The normalized spacial score (nSPS) is 14.2. The van der Waals surface area contributed by atoms with Crippen molar-refractivity contribution in [2.24, 2.45) is 0 Å². The van der Waals surface area contributed by atoms with Gasteiger partial charge in [0, 0.05) is 55.9 Å². The van der Waals surface area contributed by atoms with Crippen LogP contribution in [0.2, 0.25) is 10.0 Å². The van der Waals surface area contributed by atoms with E-state index in [4.69, 9.17) is 47.8 Å². The zero-order valence-corrected chi connectivity index (χ0v) is 22.2. The summed E-state index contributed by atoms with van der Waals surface area (Å²) in [6.07, 6.45) is -5.08. The lowest BCUT2D eigenvalue weighted by molar-refractivity contribution is -0.192. The average Bonchev–Trinajstić information content (AvgIpc) is 2.88. The highest BCUT2D eigenvalue weighted by molar-refractivity contribution is 6.33. The van der Waals surface area contributed by atoms with Crippen molar-refractivity contribution in [3.63, 3.8) is 0 Å². The number of piperazine rings is 1. The molecule has 13 heteroatoms. The summed E-state index contributed by atoms with van der Waals surface area (Å²) in [6, 6.07) is 13.6. The van der Waals surface area contributed by atoms with Gasteiger partial charge >= 0.3 is 12.1 Å². The number of rotatable bonds is 8. The molecule has 2 heterocycles. The Morgan fingerprint density at radius 3 is 2.32 bits per heavy atom. The van der Waals surface area contributed by atoms with Crippen LogP contribution in [0.25, 0.3) is 11.0 Å². The first-order valence-electron chi connectivity index (χ1n) is 11.9. The van der Waals surface area contributed by atoms with Crippen molar-refractivity contribution in [1.82, 2.24) is 14.9 Å². The van der Waals surface area contributed by atoms with Gasteiger partial charge in [-0.25, -0.2) is 14.8 Å². The summed E-state index contributed by atoms with van der Waals surface area (Å²) in [4.78, 5) is 23.4. The molecular formula is C25H28Cl2F3N5O3. The molecule has 1 aromatic heterocycles. The Hall–Kier alpha value is -2.86. The van der Waals surface area contributed by atoms with Crippen molar-refractivity contribution >= 4 is 51.8 Å². The fraction of sp³-hybridized carbons (Fsp3) is 0.400. The Kier molecular flexibility index (Phi) is 10.8. The van der Waals surface area contributed by atoms with Crippen LogP contribution in [0.5, 0.6) is 0 Å². The van der Waals surface area contributed by atoms with Crippen LogP contribution in [0.1, 0.15) is 12.5 Å². The van der Waals surface area contributed by atoms with Crippen LogP contribution in [0.3, 0.4) is 0 Å². The second kappa shape index (κ2) is 13.8. The highest BCUT2D eigenvalue weighted by Gasteiger charge is 2.38. The number of anilines is 2. The number of carbonyl (C=O) groups is 1. The number of aliphatic carboxylic acids is 1. The van der Waals surface area contributed by atoms with E-state index in [1.165, 1.54) is 0 Å². The van der Waals surface area contributed by atoms with Crippen molar-refractivity contribution in [3.8, 4) is 0 Å². The molecule has 3 aromatic rings. The molecule has 0 spiro atoms. The smallest absolute Gasteiger partial charge is 0.475 e. The number of carboxylic acid groups (broad SMARTS) is 1. The van der Waals surface area contributed by atoms with E-state index in [9.17, 15) is 13.2 Å². The van der Waals surface area contributed by atoms with Crippen LogP contribution in [-0.2, 0) is 16.1 Å². The van der Waals surface area contributed by atoms with Gasteiger partial charge in [0.1, 0.15) is 0 Å². The maximum atomic E-state index is 10.6. The number of nitrogens with one attached hydrogen (secondary N) is 1. The van der Waals surface area contributed by atoms with Gasteiger partial charge in [-0.15, -0.1) is 0 Å². The molecule has 0 saturated carbocycles. The minimum atomic E-state index is -5.08. The molecule has 0 atom stereocenters. The third-order valence-electron chi connectivity index (χ3n) is 5.61. The van der Waals surface area contributed by atoms with Gasteiger partial charge in [-0.3, -0.25) is 4.90 Å². The summed E-state index contributed by atoms with van der Waals surface area (Å²) in [5.41, 5.74) is 2.85. The Morgan fingerprint density at radius 1 is 1.08 bits per heavy atom. The van der Waals surface area contributed by atoms with Crippen molar-refractivity contribution in [2.45, 2.75) is 19.6 Å². The molecular weight excluding hydrogens is 546 g/mol. The van der Waals surface area contributed by atoms with Crippen molar-refractivity contribution in [2.75, 3.05) is 56.2 Å². The molecule has 0 radical (unpaired) electrons. The monoisotopic (exact) mass is 573 g/mol.